The van der Waals surface area contributed by atoms with Crippen LogP contribution in [-0.4, -0.2) is 60.4 Å². The number of carboxylic acids is 1. The molecule has 0 bridgehead atoms. The van der Waals surface area contributed by atoms with Crippen molar-refractivity contribution in [1.82, 2.24) is 35.1 Å². The second-order valence-corrected chi connectivity index (χ2v) is 8.19. The van der Waals surface area contributed by atoms with Crippen LogP contribution in [-0.2, 0) is 0 Å². The van der Waals surface area contributed by atoms with E-state index in [4.69, 9.17) is 14.0 Å². The SMILES string of the molecule is COc1cc(F)c(C(Nc2ccc(-c3noc(C)n3)cc2)c2nn(-c3[nH]ncc3C(=O)O)c(=O)[nH]2)cc1OC. The highest BCUT2D eigenvalue weighted by molar-refractivity contribution is 5.90. The summed E-state index contributed by atoms with van der Waals surface area (Å²) >= 11 is 0. The van der Waals surface area contributed by atoms with E-state index < -0.39 is 23.5 Å². The highest BCUT2D eigenvalue weighted by Gasteiger charge is 2.27. The van der Waals surface area contributed by atoms with Crippen molar-refractivity contribution >= 4 is 11.7 Å². The number of rotatable bonds is 9. The fourth-order valence-electron chi connectivity index (χ4n) is 3.90. The van der Waals surface area contributed by atoms with E-state index >= 15 is 4.39 Å². The normalized spacial score (nSPS) is 11.8. The molecule has 2 aromatic carbocycles. The van der Waals surface area contributed by atoms with Crippen LogP contribution in [0.2, 0.25) is 0 Å². The Hall–Kier alpha value is -5.47. The van der Waals surface area contributed by atoms with E-state index in [0.717, 1.165) is 16.9 Å². The molecule has 0 aliphatic rings. The molecule has 0 fully saturated rings. The quantitative estimate of drug-likeness (QED) is 0.217. The minimum Gasteiger partial charge on any atom is -0.493 e. The van der Waals surface area contributed by atoms with Crippen LogP contribution in [0.3, 0.4) is 0 Å². The molecule has 3 heterocycles. The molecule has 0 radical (unpaired) electrons. The zero-order chi connectivity index (χ0) is 27.7. The summed E-state index contributed by atoms with van der Waals surface area (Å²) in [5.74, 6) is -0.944. The van der Waals surface area contributed by atoms with Gasteiger partial charge in [-0.1, -0.05) is 5.16 Å². The number of hydrogen-bond acceptors (Lipinski definition) is 10. The number of aromatic carboxylic acids is 1. The number of nitrogens with one attached hydrogen (secondary N) is 3. The third-order valence-electron chi connectivity index (χ3n) is 5.77. The number of carbonyl (C=O) groups is 1. The summed E-state index contributed by atoms with van der Waals surface area (Å²) < 4.78 is 31.8. The van der Waals surface area contributed by atoms with Crippen molar-refractivity contribution in [3.63, 3.8) is 0 Å². The van der Waals surface area contributed by atoms with Crippen molar-refractivity contribution in [3.05, 3.63) is 81.7 Å². The maximum atomic E-state index is 15.4. The number of ether oxygens (including phenoxy) is 2. The van der Waals surface area contributed by atoms with Crippen LogP contribution in [0, 0.1) is 12.7 Å². The molecule has 0 amide bonds. The lowest BCUT2D eigenvalue weighted by Crippen LogP contribution is -2.18. The van der Waals surface area contributed by atoms with Crippen LogP contribution >= 0.6 is 0 Å². The molecule has 0 saturated carbocycles. The molecule has 0 saturated heterocycles. The Morgan fingerprint density at radius 2 is 1.90 bits per heavy atom. The molecule has 0 aliphatic carbocycles. The Morgan fingerprint density at radius 3 is 2.54 bits per heavy atom. The lowest BCUT2D eigenvalue weighted by Gasteiger charge is -2.20. The van der Waals surface area contributed by atoms with Gasteiger partial charge in [0.25, 0.3) is 0 Å². The lowest BCUT2D eigenvalue weighted by atomic mass is 10.0. The number of anilines is 1. The Morgan fingerprint density at radius 1 is 1.18 bits per heavy atom. The maximum absolute atomic E-state index is 15.4. The predicted octanol–water partition coefficient (Wildman–Crippen LogP) is 2.70. The fourth-order valence-corrected chi connectivity index (χ4v) is 3.90. The van der Waals surface area contributed by atoms with Gasteiger partial charge < -0.3 is 24.4 Å². The molecule has 5 aromatic rings. The number of aryl methyl sites for hydroxylation is 1. The van der Waals surface area contributed by atoms with Gasteiger partial charge in [0.1, 0.15) is 17.4 Å². The molecule has 3 aromatic heterocycles. The standard InChI is InChI=1S/C24H21FN8O6/c1-11-27-20(32-39-11)12-4-6-13(7-5-12)28-19(14-8-17(37-2)18(38-3)9-16(14)25)21-29-24(36)33(31-21)22-15(23(34)35)10-26-30-22/h4-10,19,28H,1-3H3,(H,26,30)(H,34,35)(H,29,31,36). The molecule has 39 heavy (non-hydrogen) atoms. The number of nitrogens with zero attached hydrogens (tertiary/aromatic N) is 5. The molecule has 200 valence electrons. The molecular formula is C24H21FN8O6. The Kier molecular flexibility index (Phi) is 6.54. The summed E-state index contributed by atoms with van der Waals surface area (Å²) in [4.78, 5) is 31.2. The van der Waals surface area contributed by atoms with Gasteiger partial charge in [0.05, 0.1) is 20.4 Å². The van der Waals surface area contributed by atoms with Crippen LogP contribution in [0.4, 0.5) is 10.1 Å². The number of carboxylic acid groups (broad SMARTS) is 1. The first kappa shape index (κ1) is 25.2. The summed E-state index contributed by atoms with van der Waals surface area (Å²) in [6.45, 7) is 1.68. The molecule has 5 rings (SSSR count). The number of hydrogen-bond donors (Lipinski definition) is 4. The fraction of sp³-hybridized carbons (Fsp3) is 0.167. The van der Waals surface area contributed by atoms with Crippen molar-refractivity contribution in [2.45, 2.75) is 13.0 Å². The van der Waals surface area contributed by atoms with Gasteiger partial charge in [0, 0.05) is 29.8 Å². The number of methoxy groups -OCH3 is 2. The van der Waals surface area contributed by atoms with Gasteiger partial charge in [-0.05, 0) is 30.3 Å². The van der Waals surface area contributed by atoms with E-state index in [1.165, 1.54) is 20.3 Å². The second-order valence-electron chi connectivity index (χ2n) is 8.19. The van der Waals surface area contributed by atoms with Crippen molar-refractivity contribution < 1.29 is 28.3 Å². The Balaban J connectivity index is 1.59. The zero-order valence-corrected chi connectivity index (χ0v) is 20.7. The Labute approximate surface area is 218 Å². The van der Waals surface area contributed by atoms with Crippen LogP contribution < -0.4 is 20.5 Å². The third kappa shape index (κ3) is 4.79. The average Bonchev–Trinajstić information content (AvgIpc) is 3.67. The predicted molar refractivity (Wildman–Crippen MR) is 133 cm³/mol. The van der Waals surface area contributed by atoms with Gasteiger partial charge in [-0.3, -0.25) is 10.1 Å². The molecule has 1 unspecified atom stereocenters. The summed E-state index contributed by atoms with van der Waals surface area (Å²) in [6, 6.07) is 8.39. The summed E-state index contributed by atoms with van der Waals surface area (Å²) in [7, 11) is 2.78. The topological polar surface area (TPSA) is 186 Å². The second kappa shape index (κ2) is 10.1. The first-order valence-electron chi connectivity index (χ1n) is 11.3. The van der Waals surface area contributed by atoms with E-state index in [9.17, 15) is 14.7 Å². The molecular weight excluding hydrogens is 515 g/mol. The average molecular weight is 536 g/mol. The van der Waals surface area contributed by atoms with Gasteiger partial charge in [-0.25, -0.2) is 14.0 Å². The van der Waals surface area contributed by atoms with Gasteiger partial charge in [-0.15, -0.1) is 5.10 Å². The monoisotopic (exact) mass is 536 g/mol. The minimum absolute atomic E-state index is 0.0186. The van der Waals surface area contributed by atoms with Crippen molar-refractivity contribution in [2.24, 2.45) is 0 Å². The van der Waals surface area contributed by atoms with Crippen LogP contribution in [0.5, 0.6) is 11.5 Å². The first-order valence-corrected chi connectivity index (χ1v) is 11.3. The first-order chi connectivity index (χ1) is 18.8. The third-order valence-corrected chi connectivity index (χ3v) is 5.77. The molecule has 1 atom stereocenters. The molecule has 14 nitrogen and oxygen atoms in total. The maximum Gasteiger partial charge on any atom is 0.349 e. The number of H-pyrrole nitrogens is 2. The highest BCUT2D eigenvalue weighted by atomic mass is 19.1. The van der Waals surface area contributed by atoms with Crippen LogP contribution in [0.25, 0.3) is 17.2 Å². The number of halogens is 1. The van der Waals surface area contributed by atoms with Gasteiger partial charge >= 0.3 is 11.7 Å². The molecule has 0 aliphatic heterocycles. The van der Waals surface area contributed by atoms with Crippen LogP contribution in [0.15, 0.2) is 51.9 Å². The van der Waals surface area contributed by atoms with Crippen molar-refractivity contribution in [3.8, 4) is 28.7 Å². The van der Waals surface area contributed by atoms with Crippen LogP contribution in [0.1, 0.15) is 33.7 Å². The lowest BCUT2D eigenvalue weighted by molar-refractivity contribution is 0.0696. The smallest absolute Gasteiger partial charge is 0.349 e. The van der Waals surface area contributed by atoms with Crippen molar-refractivity contribution in [2.75, 3.05) is 19.5 Å². The highest BCUT2D eigenvalue weighted by Crippen LogP contribution is 2.35. The Bertz CT molecular complexity index is 1700. The number of aromatic amines is 2. The van der Waals surface area contributed by atoms with E-state index in [1.807, 2.05) is 0 Å². The largest absolute Gasteiger partial charge is 0.493 e. The molecule has 15 heteroatoms. The zero-order valence-electron chi connectivity index (χ0n) is 20.7. The summed E-state index contributed by atoms with van der Waals surface area (Å²) in [6.07, 6.45) is 1.05. The van der Waals surface area contributed by atoms with E-state index in [0.29, 0.717) is 23.0 Å². The summed E-state index contributed by atoms with van der Waals surface area (Å²) in [5.41, 5.74) is 0.233. The van der Waals surface area contributed by atoms with Gasteiger partial charge in [0.2, 0.25) is 11.7 Å². The summed E-state index contributed by atoms with van der Waals surface area (Å²) in [5, 5.41) is 26.9. The number of benzene rings is 2. The van der Waals surface area contributed by atoms with Gasteiger partial charge in [0.15, 0.2) is 23.1 Å². The van der Waals surface area contributed by atoms with Crippen molar-refractivity contribution in [1.29, 1.82) is 0 Å². The van der Waals surface area contributed by atoms with E-state index in [2.05, 4.69) is 35.7 Å². The minimum atomic E-state index is -1.31. The molecule has 0 spiro atoms. The molecule has 4 N–H and O–H groups in total. The number of aromatic nitrogens is 7. The van der Waals surface area contributed by atoms with Gasteiger partial charge in [-0.2, -0.15) is 14.8 Å². The van der Waals surface area contributed by atoms with E-state index in [1.54, 1.807) is 31.2 Å². The van der Waals surface area contributed by atoms with E-state index in [-0.39, 0.29) is 34.3 Å².